The number of nitriles is 1. The highest BCUT2D eigenvalue weighted by molar-refractivity contribution is 8.00. The van der Waals surface area contributed by atoms with E-state index < -0.39 is 5.25 Å². The SMILES string of the molecule is Cc1cccc(-c2cc(-c3ccc(Cl)cc3)nc(SC(C)C(=O)Nc3ccc(C(=O)/C=C/c4cccs4)cc3)c2C#N)c1. The number of carbonyl (C=O) groups excluding carboxylic acids is 2. The Labute approximate surface area is 263 Å². The molecule has 212 valence electrons. The molecule has 0 bridgehead atoms. The van der Waals surface area contributed by atoms with Gasteiger partial charge < -0.3 is 5.32 Å². The molecule has 1 N–H and O–H groups in total. The van der Waals surface area contributed by atoms with Crippen LogP contribution < -0.4 is 5.32 Å². The lowest BCUT2D eigenvalue weighted by Crippen LogP contribution is -2.22. The van der Waals surface area contributed by atoms with Crippen LogP contribution in [0.1, 0.15) is 33.3 Å². The molecule has 0 spiro atoms. The predicted molar refractivity (Wildman–Crippen MR) is 178 cm³/mol. The van der Waals surface area contributed by atoms with Crippen LogP contribution in [0.5, 0.6) is 0 Å². The Morgan fingerprint density at radius 2 is 1.77 bits per heavy atom. The number of rotatable bonds is 9. The first-order valence-electron chi connectivity index (χ1n) is 13.4. The molecular weight excluding hydrogens is 594 g/mol. The lowest BCUT2D eigenvalue weighted by molar-refractivity contribution is -0.115. The van der Waals surface area contributed by atoms with E-state index in [9.17, 15) is 14.9 Å². The number of anilines is 1. The standard InChI is InChI=1S/C35H26ClN3O2S2/c1-22-5-3-6-26(19-22)30-20-32(24-8-12-27(36)13-9-24)39-35(31(30)21-37)43-23(2)34(41)38-28-14-10-25(11-15-28)33(40)17-16-29-7-4-18-42-29/h3-20,23H,1-2H3,(H,38,41)/b17-16+. The molecular formula is C35H26ClN3O2S2. The monoisotopic (exact) mass is 619 g/mol. The molecule has 2 aromatic heterocycles. The van der Waals surface area contributed by atoms with Crippen molar-refractivity contribution in [3.05, 3.63) is 129 Å². The maximum atomic E-state index is 13.2. The molecule has 5 nitrogen and oxygen atoms in total. The number of allylic oxidation sites excluding steroid dienone is 1. The molecule has 0 saturated heterocycles. The zero-order valence-electron chi connectivity index (χ0n) is 23.4. The second-order valence-corrected chi connectivity index (χ2v) is 12.5. The molecule has 1 amide bonds. The van der Waals surface area contributed by atoms with Gasteiger partial charge in [0, 0.05) is 32.3 Å². The Morgan fingerprint density at radius 3 is 2.44 bits per heavy atom. The number of benzene rings is 3. The Bertz CT molecular complexity index is 1840. The number of hydrogen-bond acceptors (Lipinski definition) is 6. The first kappa shape index (κ1) is 30.0. The maximum absolute atomic E-state index is 13.2. The van der Waals surface area contributed by atoms with E-state index in [1.54, 1.807) is 66.8 Å². The topological polar surface area (TPSA) is 82.8 Å². The van der Waals surface area contributed by atoms with Crippen molar-refractivity contribution in [3.8, 4) is 28.5 Å². The van der Waals surface area contributed by atoms with Crippen LogP contribution in [0.25, 0.3) is 28.5 Å². The van der Waals surface area contributed by atoms with E-state index in [2.05, 4.69) is 11.4 Å². The molecule has 2 heterocycles. The van der Waals surface area contributed by atoms with E-state index in [0.717, 1.165) is 27.1 Å². The fraction of sp³-hybridized carbons (Fsp3) is 0.0857. The van der Waals surface area contributed by atoms with Crippen LogP contribution in [-0.4, -0.2) is 21.9 Å². The second-order valence-electron chi connectivity index (χ2n) is 9.76. The molecule has 0 aliphatic carbocycles. The Balaban J connectivity index is 1.37. The minimum Gasteiger partial charge on any atom is -0.325 e. The normalized spacial score (nSPS) is 11.7. The van der Waals surface area contributed by atoms with Crippen LogP contribution in [-0.2, 0) is 4.79 Å². The number of halogens is 1. The van der Waals surface area contributed by atoms with Crippen molar-refractivity contribution in [3.63, 3.8) is 0 Å². The largest absolute Gasteiger partial charge is 0.325 e. The summed E-state index contributed by atoms with van der Waals surface area (Å²) in [7, 11) is 0. The second kappa shape index (κ2) is 13.7. The first-order chi connectivity index (χ1) is 20.8. The van der Waals surface area contributed by atoms with E-state index >= 15 is 0 Å². The van der Waals surface area contributed by atoms with E-state index in [1.165, 1.54) is 11.8 Å². The van der Waals surface area contributed by atoms with E-state index in [4.69, 9.17) is 16.6 Å². The zero-order chi connectivity index (χ0) is 30.3. The third kappa shape index (κ3) is 7.49. The molecule has 1 atom stereocenters. The molecule has 0 fully saturated rings. The number of aryl methyl sites for hydroxylation is 1. The lowest BCUT2D eigenvalue weighted by atomic mass is 9.98. The molecule has 1 unspecified atom stereocenters. The van der Waals surface area contributed by atoms with Crippen molar-refractivity contribution in [1.29, 1.82) is 5.26 Å². The molecule has 0 radical (unpaired) electrons. The van der Waals surface area contributed by atoms with Gasteiger partial charge in [-0.05, 0) is 85.5 Å². The van der Waals surface area contributed by atoms with Crippen molar-refractivity contribution in [2.24, 2.45) is 0 Å². The van der Waals surface area contributed by atoms with Crippen LogP contribution in [0, 0.1) is 18.3 Å². The van der Waals surface area contributed by atoms with Crippen LogP contribution in [0.2, 0.25) is 5.02 Å². The highest BCUT2D eigenvalue weighted by atomic mass is 35.5. The zero-order valence-corrected chi connectivity index (χ0v) is 25.8. The van der Waals surface area contributed by atoms with Crippen LogP contribution in [0.4, 0.5) is 5.69 Å². The number of thioether (sulfide) groups is 1. The average Bonchev–Trinajstić information content (AvgIpc) is 3.54. The Morgan fingerprint density at radius 1 is 1.00 bits per heavy atom. The fourth-order valence-corrected chi connectivity index (χ4v) is 6.02. The number of hydrogen-bond donors (Lipinski definition) is 1. The third-order valence-corrected chi connectivity index (χ3v) is 8.78. The first-order valence-corrected chi connectivity index (χ1v) is 15.6. The lowest BCUT2D eigenvalue weighted by Gasteiger charge is -2.16. The molecule has 43 heavy (non-hydrogen) atoms. The summed E-state index contributed by atoms with van der Waals surface area (Å²) in [5.41, 5.74) is 5.74. The van der Waals surface area contributed by atoms with Gasteiger partial charge in [-0.3, -0.25) is 9.59 Å². The van der Waals surface area contributed by atoms with Gasteiger partial charge in [-0.15, -0.1) is 11.3 Å². The number of ketones is 1. The van der Waals surface area contributed by atoms with Gasteiger partial charge in [-0.1, -0.05) is 71.4 Å². The van der Waals surface area contributed by atoms with Crippen molar-refractivity contribution in [1.82, 2.24) is 4.98 Å². The van der Waals surface area contributed by atoms with Gasteiger partial charge in [0.15, 0.2) is 5.78 Å². The quantitative estimate of drug-likeness (QED) is 0.101. The number of pyridine rings is 1. The predicted octanol–water partition coefficient (Wildman–Crippen LogP) is 9.33. The van der Waals surface area contributed by atoms with Gasteiger partial charge in [0.2, 0.25) is 5.91 Å². The van der Waals surface area contributed by atoms with Crippen molar-refractivity contribution >= 4 is 58.2 Å². The van der Waals surface area contributed by atoms with Gasteiger partial charge >= 0.3 is 0 Å². The number of carbonyl (C=O) groups is 2. The summed E-state index contributed by atoms with van der Waals surface area (Å²) < 4.78 is 0. The molecule has 5 rings (SSSR count). The average molecular weight is 620 g/mol. The summed E-state index contributed by atoms with van der Waals surface area (Å²) in [6.07, 6.45) is 3.33. The smallest absolute Gasteiger partial charge is 0.237 e. The van der Waals surface area contributed by atoms with Gasteiger partial charge in [0.05, 0.1) is 16.5 Å². The van der Waals surface area contributed by atoms with Crippen LogP contribution >= 0.6 is 34.7 Å². The number of thiophene rings is 1. The number of nitrogens with zero attached hydrogens (tertiary/aromatic N) is 2. The third-order valence-electron chi connectivity index (χ3n) is 6.60. The summed E-state index contributed by atoms with van der Waals surface area (Å²) in [5, 5.41) is 15.6. The molecule has 0 saturated carbocycles. The minimum absolute atomic E-state index is 0.115. The Kier molecular flexibility index (Phi) is 9.53. The molecule has 3 aromatic carbocycles. The number of nitrogens with one attached hydrogen (secondary N) is 1. The van der Waals surface area contributed by atoms with E-state index in [1.807, 2.05) is 66.9 Å². The van der Waals surface area contributed by atoms with Crippen molar-refractivity contribution in [2.75, 3.05) is 5.32 Å². The minimum atomic E-state index is -0.569. The summed E-state index contributed by atoms with van der Waals surface area (Å²) in [5.74, 6) is -0.364. The molecule has 0 aliphatic rings. The van der Waals surface area contributed by atoms with Gasteiger partial charge in [-0.2, -0.15) is 5.26 Å². The molecule has 5 aromatic rings. The fourth-order valence-electron chi connectivity index (χ4n) is 4.35. The molecule has 0 aliphatic heterocycles. The van der Waals surface area contributed by atoms with Gasteiger partial charge in [-0.25, -0.2) is 4.98 Å². The number of amides is 1. The summed E-state index contributed by atoms with van der Waals surface area (Å²) in [4.78, 5) is 31.6. The van der Waals surface area contributed by atoms with Crippen LogP contribution in [0.3, 0.4) is 0 Å². The van der Waals surface area contributed by atoms with Crippen molar-refractivity contribution < 1.29 is 9.59 Å². The highest BCUT2D eigenvalue weighted by Crippen LogP contribution is 2.36. The van der Waals surface area contributed by atoms with Crippen molar-refractivity contribution in [2.45, 2.75) is 24.1 Å². The summed E-state index contributed by atoms with van der Waals surface area (Å²) in [6.45, 7) is 3.78. The maximum Gasteiger partial charge on any atom is 0.237 e. The van der Waals surface area contributed by atoms with E-state index in [-0.39, 0.29) is 11.7 Å². The highest BCUT2D eigenvalue weighted by Gasteiger charge is 2.22. The summed E-state index contributed by atoms with van der Waals surface area (Å²) in [6, 6.07) is 30.2. The molecule has 8 heteroatoms. The Hall–Kier alpha value is -4.48. The van der Waals surface area contributed by atoms with Gasteiger partial charge in [0.1, 0.15) is 11.1 Å². The van der Waals surface area contributed by atoms with Crippen LogP contribution in [0.15, 0.2) is 107 Å². The number of aromatic nitrogens is 1. The van der Waals surface area contributed by atoms with Gasteiger partial charge in [0.25, 0.3) is 0 Å². The summed E-state index contributed by atoms with van der Waals surface area (Å²) >= 11 is 8.90. The van der Waals surface area contributed by atoms with E-state index in [0.29, 0.717) is 32.6 Å².